The van der Waals surface area contributed by atoms with E-state index in [-0.39, 0.29) is 18.1 Å². The van der Waals surface area contributed by atoms with Crippen LogP contribution in [0.25, 0.3) is 0 Å². The van der Waals surface area contributed by atoms with Gasteiger partial charge in [-0.2, -0.15) is 0 Å². The van der Waals surface area contributed by atoms with Crippen LogP contribution in [-0.4, -0.2) is 29.2 Å². The Labute approximate surface area is 203 Å². The minimum Gasteiger partial charge on any atom is -0.494 e. The van der Waals surface area contributed by atoms with E-state index in [1.165, 1.54) is 0 Å². The first-order valence-corrected chi connectivity index (χ1v) is 11.7. The lowest BCUT2D eigenvalue weighted by Gasteiger charge is -2.39. The van der Waals surface area contributed by atoms with Crippen molar-refractivity contribution in [2.24, 2.45) is 5.16 Å². The lowest BCUT2D eigenvalue weighted by molar-refractivity contribution is -0.0754. The Morgan fingerprint density at radius 3 is 2.38 bits per heavy atom. The van der Waals surface area contributed by atoms with E-state index in [2.05, 4.69) is 5.16 Å². The Hall–Kier alpha value is -3.22. The molecule has 7 heteroatoms. The minimum atomic E-state index is -1.79. The Morgan fingerprint density at radius 1 is 1.03 bits per heavy atom. The number of nitrogens with zero attached hydrogens (tertiary/aromatic N) is 1. The molecule has 0 spiro atoms. The molecule has 0 amide bonds. The summed E-state index contributed by atoms with van der Waals surface area (Å²) in [6.07, 6.45) is 0.290. The molecule has 1 aliphatic carbocycles. The first-order chi connectivity index (χ1) is 16.5. The number of halogens is 1. The third-order valence-corrected chi connectivity index (χ3v) is 6.97. The Kier molecular flexibility index (Phi) is 5.66. The normalized spacial score (nSPS) is 26.1. The zero-order valence-electron chi connectivity index (χ0n) is 19.0. The van der Waals surface area contributed by atoms with Crippen LogP contribution in [0.2, 0.25) is 5.02 Å². The molecule has 1 aliphatic heterocycles. The van der Waals surface area contributed by atoms with Gasteiger partial charge in [0.15, 0.2) is 11.2 Å². The van der Waals surface area contributed by atoms with E-state index in [0.29, 0.717) is 46.6 Å². The predicted octanol–water partition coefficient (Wildman–Crippen LogP) is 5.63. The summed E-state index contributed by atoms with van der Waals surface area (Å²) < 4.78 is 18.5. The molecule has 176 valence electrons. The molecule has 1 heterocycles. The molecule has 6 nitrogen and oxygen atoms in total. The lowest BCUT2D eigenvalue weighted by Crippen LogP contribution is -2.50. The maximum absolute atomic E-state index is 12.6. The number of ether oxygens (including phenoxy) is 3. The van der Waals surface area contributed by atoms with Crippen LogP contribution in [0.5, 0.6) is 17.2 Å². The van der Waals surface area contributed by atoms with Gasteiger partial charge >= 0.3 is 0 Å². The van der Waals surface area contributed by atoms with E-state index in [9.17, 15) is 10.3 Å². The molecule has 34 heavy (non-hydrogen) atoms. The fourth-order valence-corrected chi connectivity index (χ4v) is 5.57. The second kappa shape index (κ2) is 8.53. The van der Waals surface area contributed by atoms with Gasteiger partial charge in [-0.15, -0.1) is 0 Å². The molecule has 0 saturated heterocycles. The fraction of sp³-hybridized carbons (Fsp3) is 0.296. The SMILES string of the molecule is CCOc1cc(OCC)c2c(c1)O[C@@]1(c3ccc(Cl)cc3)[C@H](c3ccccc3)CC(=NO)[C@@]21O. The Balaban J connectivity index is 1.83. The van der Waals surface area contributed by atoms with Crippen LogP contribution < -0.4 is 14.2 Å². The van der Waals surface area contributed by atoms with Crippen LogP contribution >= 0.6 is 11.6 Å². The fourth-order valence-electron chi connectivity index (χ4n) is 5.44. The molecular weight excluding hydrogens is 454 g/mol. The van der Waals surface area contributed by atoms with Crippen molar-refractivity contribution >= 4 is 17.3 Å². The summed E-state index contributed by atoms with van der Waals surface area (Å²) in [5.41, 5.74) is -0.812. The quantitative estimate of drug-likeness (QED) is 0.353. The smallest absolute Gasteiger partial charge is 0.183 e. The topological polar surface area (TPSA) is 80.5 Å². The molecule has 0 bridgehead atoms. The second-order valence-electron chi connectivity index (χ2n) is 8.43. The van der Waals surface area contributed by atoms with Gasteiger partial charge in [-0.25, -0.2) is 0 Å². The first kappa shape index (κ1) is 22.6. The van der Waals surface area contributed by atoms with Crippen molar-refractivity contribution in [1.29, 1.82) is 0 Å². The third-order valence-electron chi connectivity index (χ3n) is 6.72. The molecule has 3 aromatic rings. The zero-order chi connectivity index (χ0) is 23.9. The van der Waals surface area contributed by atoms with Crippen molar-refractivity contribution in [3.63, 3.8) is 0 Å². The highest BCUT2D eigenvalue weighted by molar-refractivity contribution is 6.30. The van der Waals surface area contributed by atoms with Crippen molar-refractivity contribution < 1.29 is 24.5 Å². The van der Waals surface area contributed by atoms with E-state index in [1.807, 2.05) is 56.3 Å². The summed E-state index contributed by atoms with van der Waals surface area (Å²) in [6, 6.07) is 20.5. The van der Waals surface area contributed by atoms with Crippen molar-refractivity contribution in [3.05, 3.63) is 88.4 Å². The predicted molar refractivity (Wildman–Crippen MR) is 129 cm³/mol. The monoisotopic (exact) mass is 479 g/mol. The highest BCUT2D eigenvalue weighted by atomic mass is 35.5. The number of hydrogen-bond acceptors (Lipinski definition) is 6. The molecule has 2 N–H and O–H groups in total. The van der Waals surface area contributed by atoms with E-state index in [0.717, 1.165) is 5.56 Å². The molecule has 3 aromatic carbocycles. The number of oxime groups is 1. The minimum absolute atomic E-state index is 0.208. The molecular formula is C27H26ClNO5. The summed E-state index contributed by atoms with van der Waals surface area (Å²) in [4.78, 5) is 0. The number of benzene rings is 3. The molecule has 3 atom stereocenters. The largest absolute Gasteiger partial charge is 0.494 e. The van der Waals surface area contributed by atoms with Crippen molar-refractivity contribution in [3.8, 4) is 17.2 Å². The van der Waals surface area contributed by atoms with Crippen LogP contribution in [0.3, 0.4) is 0 Å². The summed E-state index contributed by atoms with van der Waals surface area (Å²) in [5.74, 6) is 1.06. The highest BCUT2D eigenvalue weighted by Crippen LogP contribution is 2.67. The molecule has 1 saturated carbocycles. The lowest BCUT2D eigenvalue weighted by atomic mass is 9.71. The standard InChI is InChI=1S/C27H26ClNO5/c1-3-32-20-14-22(33-4-2)25-23(15-20)34-27(18-10-12-19(28)13-11-18)21(17-8-6-5-7-9-17)16-24(29-31)26(25,27)30/h5-15,21,30-31H,3-4,16H2,1-2H3/t21-,26+,27-/m0/s1. The maximum atomic E-state index is 12.6. The second-order valence-corrected chi connectivity index (χ2v) is 8.87. The van der Waals surface area contributed by atoms with Gasteiger partial charge in [0.2, 0.25) is 0 Å². The van der Waals surface area contributed by atoms with Gasteiger partial charge in [-0.3, -0.25) is 0 Å². The van der Waals surface area contributed by atoms with Crippen LogP contribution in [-0.2, 0) is 11.2 Å². The number of aliphatic hydroxyl groups is 1. The summed E-state index contributed by atoms with van der Waals surface area (Å²) in [7, 11) is 0. The van der Waals surface area contributed by atoms with Gasteiger partial charge in [-0.05, 0) is 37.1 Å². The van der Waals surface area contributed by atoms with Gasteiger partial charge in [0, 0.05) is 29.5 Å². The average molecular weight is 480 g/mol. The van der Waals surface area contributed by atoms with Crippen molar-refractivity contribution in [2.45, 2.75) is 37.4 Å². The summed E-state index contributed by atoms with van der Waals surface area (Å²) >= 11 is 6.21. The molecule has 0 unspecified atom stereocenters. The third kappa shape index (κ3) is 3.09. The van der Waals surface area contributed by atoms with E-state index >= 15 is 0 Å². The van der Waals surface area contributed by atoms with Gasteiger partial charge in [0.05, 0.1) is 24.5 Å². The van der Waals surface area contributed by atoms with Crippen molar-refractivity contribution in [1.82, 2.24) is 0 Å². The number of fused-ring (bicyclic) bond motifs is 3. The van der Waals surface area contributed by atoms with E-state index in [1.54, 1.807) is 24.3 Å². The van der Waals surface area contributed by atoms with Crippen LogP contribution in [0, 0.1) is 0 Å². The van der Waals surface area contributed by atoms with Gasteiger partial charge < -0.3 is 24.5 Å². The summed E-state index contributed by atoms with van der Waals surface area (Å²) in [5, 5.41) is 26.9. The molecule has 5 rings (SSSR count). The molecule has 0 radical (unpaired) electrons. The van der Waals surface area contributed by atoms with Crippen molar-refractivity contribution in [2.75, 3.05) is 13.2 Å². The maximum Gasteiger partial charge on any atom is 0.183 e. The molecule has 0 aromatic heterocycles. The summed E-state index contributed by atoms with van der Waals surface area (Å²) in [6.45, 7) is 4.61. The van der Waals surface area contributed by atoms with Gasteiger partial charge in [-0.1, -0.05) is 59.2 Å². The average Bonchev–Trinajstić information content (AvgIpc) is 3.25. The van der Waals surface area contributed by atoms with Crippen LogP contribution in [0.4, 0.5) is 0 Å². The van der Waals surface area contributed by atoms with Gasteiger partial charge in [0.1, 0.15) is 17.2 Å². The van der Waals surface area contributed by atoms with Gasteiger partial charge in [0.25, 0.3) is 0 Å². The van der Waals surface area contributed by atoms with E-state index in [4.69, 9.17) is 25.8 Å². The zero-order valence-corrected chi connectivity index (χ0v) is 19.7. The Bertz CT molecular complexity index is 1230. The number of hydrogen-bond donors (Lipinski definition) is 2. The Morgan fingerprint density at radius 2 is 1.74 bits per heavy atom. The first-order valence-electron chi connectivity index (χ1n) is 11.4. The van der Waals surface area contributed by atoms with Crippen LogP contribution in [0.15, 0.2) is 71.9 Å². The molecule has 1 fully saturated rings. The number of rotatable bonds is 6. The van der Waals surface area contributed by atoms with E-state index < -0.39 is 11.2 Å². The highest BCUT2D eigenvalue weighted by Gasteiger charge is 2.73. The van der Waals surface area contributed by atoms with Crippen LogP contribution in [0.1, 0.15) is 42.9 Å². The molecule has 2 aliphatic rings.